The van der Waals surface area contributed by atoms with E-state index in [4.69, 9.17) is 11.6 Å². The zero-order valence-corrected chi connectivity index (χ0v) is 13.3. The maximum atomic E-state index is 11.5. The average molecular weight is 329 g/mol. The number of alkyl halides is 1. The van der Waals surface area contributed by atoms with E-state index in [0.29, 0.717) is 30.8 Å². The number of unbranched alkanes of at least 4 members (excludes halogenated alkanes) is 2. The van der Waals surface area contributed by atoms with Crippen molar-refractivity contribution in [1.82, 2.24) is 14.6 Å². The number of urea groups is 1. The molecule has 0 fully saturated rings. The lowest BCUT2D eigenvalue weighted by Crippen LogP contribution is -2.37. The fourth-order valence-corrected chi connectivity index (χ4v) is 2.41. The van der Waals surface area contributed by atoms with E-state index in [1.165, 1.54) is 18.4 Å². The number of nitroso groups, excluding NO2 is 1. The summed E-state index contributed by atoms with van der Waals surface area (Å²) in [5.74, 6) is 0.212. The molecule has 0 unspecified atom stereocenters. The molecule has 0 bridgehead atoms. The van der Waals surface area contributed by atoms with Gasteiger partial charge in [0.05, 0.1) is 17.6 Å². The Balaban J connectivity index is 3.77. The topological polar surface area (TPSA) is 99.2 Å². The summed E-state index contributed by atoms with van der Waals surface area (Å²) in [5, 5.41) is 5.77. The number of hydrogen-bond acceptors (Lipinski definition) is 5. The van der Waals surface area contributed by atoms with Gasteiger partial charge in [-0.25, -0.2) is 17.5 Å². The Kier molecular flexibility index (Phi) is 9.43. The quantitative estimate of drug-likeness (QED) is 0.279. The van der Waals surface area contributed by atoms with Crippen molar-refractivity contribution >= 4 is 27.7 Å². The molecule has 2 amide bonds. The van der Waals surface area contributed by atoms with Gasteiger partial charge in [-0.2, -0.15) is 5.01 Å². The number of halogens is 1. The highest BCUT2D eigenvalue weighted by atomic mass is 35.5. The molecule has 0 aromatic carbocycles. The molecule has 0 aromatic rings. The summed E-state index contributed by atoms with van der Waals surface area (Å²) in [6, 6.07) is -0.596. The molecule has 1 N–H and O–H groups in total. The number of carbonyl (C=O) groups excluding carboxylic acids is 1. The first-order valence-corrected chi connectivity index (χ1v) is 8.34. The van der Waals surface area contributed by atoms with Gasteiger partial charge in [-0.15, -0.1) is 16.5 Å². The summed E-state index contributed by atoms with van der Waals surface area (Å²) in [5.41, 5.74) is 0. The predicted molar refractivity (Wildman–Crippen MR) is 77.9 cm³/mol. The smallest absolute Gasteiger partial charge is 0.336 e. The van der Waals surface area contributed by atoms with Crippen LogP contribution in [0, 0.1) is 4.91 Å². The van der Waals surface area contributed by atoms with Crippen LogP contribution in [-0.2, 0) is 10.0 Å². The van der Waals surface area contributed by atoms with Crippen LogP contribution in [-0.4, -0.2) is 62.6 Å². The minimum absolute atomic E-state index is 0.0535. The number of carbonyl (C=O) groups is 1. The molecule has 0 rings (SSSR count). The molecule has 0 atom stereocenters. The molecule has 0 aliphatic carbocycles. The molecule has 0 spiro atoms. The lowest BCUT2D eigenvalue weighted by atomic mass is 10.2. The van der Waals surface area contributed by atoms with Crippen LogP contribution in [0.3, 0.4) is 0 Å². The standard InChI is InChI=1S/C10H21ClN4O4S/c1-14(2)20(18,19)9-5-3-4-7-12-10(16)15(13-17)8-6-11/h3-9H2,1-2H3,(H,12,16). The summed E-state index contributed by atoms with van der Waals surface area (Å²) in [6.07, 6.45) is 1.81. The van der Waals surface area contributed by atoms with Crippen LogP contribution in [0.25, 0.3) is 0 Å². The molecule has 10 heteroatoms. The van der Waals surface area contributed by atoms with Gasteiger partial charge >= 0.3 is 6.03 Å². The van der Waals surface area contributed by atoms with E-state index in [1.54, 1.807) is 0 Å². The van der Waals surface area contributed by atoms with Gasteiger partial charge in [-0.3, -0.25) is 0 Å². The number of sulfonamides is 1. The van der Waals surface area contributed by atoms with Gasteiger partial charge in [0.2, 0.25) is 10.0 Å². The van der Waals surface area contributed by atoms with E-state index in [-0.39, 0.29) is 18.2 Å². The summed E-state index contributed by atoms with van der Waals surface area (Å²) in [4.78, 5) is 21.7. The van der Waals surface area contributed by atoms with Crippen LogP contribution in [0.4, 0.5) is 4.79 Å². The monoisotopic (exact) mass is 328 g/mol. The first-order valence-electron chi connectivity index (χ1n) is 6.20. The van der Waals surface area contributed by atoms with Crippen molar-refractivity contribution in [3.8, 4) is 0 Å². The maximum Gasteiger partial charge on any atom is 0.340 e. The highest BCUT2D eigenvalue weighted by Gasteiger charge is 2.13. The van der Waals surface area contributed by atoms with Crippen LogP contribution in [0.15, 0.2) is 5.29 Å². The van der Waals surface area contributed by atoms with Crippen molar-refractivity contribution in [2.75, 3.05) is 38.8 Å². The van der Waals surface area contributed by atoms with Gasteiger partial charge in [-0.1, -0.05) is 6.42 Å². The largest absolute Gasteiger partial charge is 0.340 e. The highest BCUT2D eigenvalue weighted by Crippen LogP contribution is 2.02. The third-order valence-corrected chi connectivity index (χ3v) is 4.63. The molecule has 0 aliphatic rings. The van der Waals surface area contributed by atoms with Crippen molar-refractivity contribution in [2.45, 2.75) is 19.3 Å². The van der Waals surface area contributed by atoms with Gasteiger partial charge in [0.15, 0.2) is 0 Å². The fraction of sp³-hybridized carbons (Fsp3) is 0.900. The van der Waals surface area contributed by atoms with Crippen molar-refractivity contribution in [3.05, 3.63) is 4.91 Å². The summed E-state index contributed by atoms with van der Waals surface area (Å²) >= 11 is 5.41. The third kappa shape index (κ3) is 7.61. The molecule has 0 aromatic heterocycles. The third-order valence-electron chi connectivity index (χ3n) is 2.54. The number of nitrogens with one attached hydrogen (secondary N) is 1. The normalized spacial score (nSPS) is 11.4. The van der Waals surface area contributed by atoms with Gasteiger partial charge in [-0.05, 0) is 12.8 Å². The molecule has 0 saturated carbocycles. The number of rotatable bonds is 10. The Bertz CT molecular complexity index is 402. The van der Waals surface area contributed by atoms with E-state index < -0.39 is 16.1 Å². The zero-order chi connectivity index (χ0) is 15.6. The van der Waals surface area contributed by atoms with Crippen LogP contribution in [0.2, 0.25) is 0 Å². The SMILES string of the molecule is CN(C)S(=O)(=O)CCCCCNC(=O)N(CCCl)N=O. The summed E-state index contributed by atoms with van der Waals surface area (Å²) < 4.78 is 24.1. The Hall–Kier alpha value is -0.930. The second-order valence-electron chi connectivity index (χ2n) is 4.28. The van der Waals surface area contributed by atoms with Crippen molar-refractivity contribution < 1.29 is 13.2 Å². The number of amides is 2. The molecular formula is C10H21ClN4O4S. The highest BCUT2D eigenvalue weighted by molar-refractivity contribution is 7.89. The van der Waals surface area contributed by atoms with E-state index in [2.05, 4.69) is 10.6 Å². The van der Waals surface area contributed by atoms with Crippen LogP contribution in [0.1, 0.15) is 19.3 Å². The minimum Gasteiger partial charge on any atom is -0.336 e. The fourth-order valence-electron chi connectivity index (χ4n) is 1.31. The Morgan fingerprint density at radius 3 is 2.40 bits per heavy atom. The summed E-state index contributed by atoms with van der Waals surface area (Å²) in [6.45, 7) is 0.410. The van der Waals surface area contributed by atoms with Crippen molar-refractivity contribution in [1.29, 1.82) is 0 Å². The van der Waals surface area contributed by atoms with Crippen LogP contribution < -0.4 is 5.32 Å². The predicted octanol–water partition coefficient (Wildman–Crippen LogP) is 0.980. The van der Waals surface area contributed by atoms with E-state index in [9.17, 15) is 18.1 Å². The first-order chi connectivity index (χ1) is 9.35. The Morgan fingerprint density at radius 2 is 1.90 bits per heavy atom. The van der Waals surface area contributed by atoms with Crippen LogP contribution >= 0.6 is 11.6 Å². The van der Waals surface area contributed by atoms with Gasteiger partial charge in [0, 0.05) is 26.5 Å². The van der Waals surface area contributed by atoms with E-state index >= 15 is 0 Å². The van der Waals surface area contributed by atoms with E-state index in [0.717, 1.165) is 0 Å². The molecule has 0 heterocycles. The molecule has 0 aliphatic heterocycles. The van der Waals surface area contributed by atoms with Gasteiger partial charge in [0.1, 0.15) is 0 Å². The molecule has 20 heavy (non-hydrogen) atoms. The molecule has 8 nitrogen and oxygen atoms in total. The number of nitrogens with zero attached hydrogens (tertiary/aromatic N) is 3. The molecule has 0 radical (unpaired) electrons. The minimum atomic E-state index is -3.16. The van der Waals surface area contributed by atoms with Gasteiger partial charge in [0.25, 0.3) is 0 Å². The van der Waals surface area contributed by atoms with Crippen LogP contribution in [0.5, 0.6) is 0 Å². The second-order valence-corrected chi connectivity index (χ2v) is 6.97. The molecular weight excluding hydrogens is 308 g/mol. The zero-order valence-electron chi connectivity index (χ0n) is 11.7. The number of hydrogen-bond donors (Lipinski definition) is 1. The van der Waals surface area contributed by atoms with E-state index in [1.807, 2.05) is 0 Å². The molecule has 0 saturated heterocycles. The first kappa shape index (κ1) is 19.1. The lowest BCUT2D eigenvalue weighted by molar-refractivity contribution is 0.202. The van der Waals surface area contributed by atoms with Crippen molar-refractivity contribution in [3.63, 3.8) is 0 Å². The Morgan fingerprint density at radius 1 is 1.25 bits per heavy atom. The van der Waals surface area contributed by atoms with Crippen molar-refractivity contribution in [2.24, 2.45) is 5.29 Å². The summed E-state index contributed by atoms with van der Waals surface area (Å²) in [7, 11) is -0.173. The maximum absolute atomic E-state index is 11.5. The second kappa shape index (κ2) is 9.89. The molecule has 118 valence electrons. The average Bonchev–Trinajstić information content (AvgIpc) is 2.39. The Labute approximate surface area is 124 Å². The lowest BCUT2D eigenvalue weighted by Gasteiger charge is -2.13. The van der Waals surface area contributed by atoms with Gasteiger partial charge < -0.3 is 5.32 Å².